The van der Waals surface area contributed by atoms with Gasteiger partial charge in [-0.05, 0) is 74.7 Å². The van der Waals surface area contributed by atoms with Gasteiger partial charge >= 0.3 is 11.9 Å². The van der Waals surface area contributed by atoms with Crippen LogP contribution in [0.2, 0.25) is 0 Å². The summed E-state index contributed by atoms with van der Waals surface area (Å²) in [4.78, 5) is 39.6. The van der Waals surface area contributed by atoms with Crippen LogP contribution in [0.1, 0.15) is 94.9 Å². The molecule has 8 nitrogen and oxygen atoms in total. The number of esters is 2. The minimum atomic E-state index is -1.98. The van der Waals surface area contributed by atoms with E-state index in [1.165, 1.54) is 37.0 Å². The second-order valence-corrected chi connectivity index (χ2v) is 16.8. The molecule has 5 aliphatic carbocycles. The molecule has 8 atom stereocenters. The van der Waals surface area contributed by atoms with E-state index in [4.69, 9.17) is 9.47 Å². The summed E-state index contributed by atoms with van der Waals surface area (Å²) in [5.74, 6) is -4.88. The molecule has 0 saturated heterocycles. The van der Waals surface area contributed by atoms with Crippen LogP contribution in [0.3, 0.4) is 0 Å². The van der Waals surface area contributed by atoms with Gasteiger partial charge in [0.25, 0.3) is 0 Å². The molecule has 0 aromatic heterocycles. The fourth-order valence-corrected chi connectivity index (χ4v) is 10.1. The van der Waals surface area contributed by atoms with Gasteiger partial charge in [0, 0.05) is 48.5 Å². The fourth-order valence-electron chi connectivity index (χ4n) is 10.1. The summed E-state index contributed by atoms with van der Waals surface area (Å²) in [6, 6.07) is 0. The van der Waals surface area contributed by atoms with Crippen molar-refractivity contribution < 1.29 is 39.2 Å². The normalized spacial score (nSPS) is 37.9. The third-order valence-corrected chi connectivity index (χ3v) is 12.6. The molecule has 8 unspecified atom stereocenters. The molecule has 0 heterocycles. The quantitative estimate of drug-likeness (QED) is 0.113. The minimum Gasteiger partial charge on any atom is -0.454 e. The smallest absolute Gasteiger partial charge is 0.331 e. The van der Waals surface area contributed by atoms with Crippen molar-refractivity contribution in [1.82, 2.24) is 0 Å². The Morgan fingerprint density at radius 3 is 2.32 bits per heavy atom. The lowest BCUT2D eigenvalue weighted by molar-refractivity contribution is -0.226. The van der Waals surface area contributed by atoms with Crippen LogP contribution in [0.15, 0.2) is 82.0 Å². The predicted molar refractivity (Wildman–Crippen MR) is 192 cm³/mol. The number of rotatable bonds is 8. The summed E-state index contributed by atoms with van der Waals surface area (Å²) in [6.07, 6.45) is 17.0. The van der Waals surface area contributed by atoms with Crippen molar-refractivity contribution in [2.75, 3.05) is 6.61 Å². The second-order valence-electron chi connectivity index (χ2n) is 16.8. The molecule has 0 aromatic rings. The molecule has 2 fully saturated rings. The molecule has 2 saturated carbocycles. The molecule has 8 heteroatoms. The summed E-state index contributed by atoms with van der Waals surface area (Å²) in [7, 11) is 0. The number of ether oxygens (including phenoxy) is 2. The second kappa shape index (κ2) is 13.0. The van der Waals surface area contributed by atoms with E-state index in [0.29, 0.717) is 16.7 Å². The molecule has 0 aromatic carbocycles. The summed E-state index contributed by atoms with van der Waals surface area (Å²) in [5, 5.41) is 35.0. The maximum Gasteiger partial charge on any atom is 0.331 e. The van der Waals surface area contributed by atoms with Gasteiger partial charge in [0.05, 0.1) is 12.2 Å². The van der Waals surface area contributed by atoms with Crippen molar-refractivity contribution in [1.29, 1.82) is 0 Å². The number of allylic oxidation sites excluding steroid dienone is 9. The number of aliphatic hydroxyl groups excluding tert-OH is 1. The average molecular weight is 689 g/mol. The standard InChI is InChI=1S/C42H56O8/c1-24(16-17-31-26(3)15-12-18-38(31,7)8)13-11-14-25(2)19-34(45)49-37-28(5)41(48)32(35-39(9,10)42(35,37)50-29(6)44)21-30(23-43)22-40(47)33(41)20-27(4)36(40)46/h11,13-14,16-17,19-21,28,32-33,35,37,43,47-48H,12,15,18,22-23H2,1-10H3/b14-11+,17-16+,24-13+,25-19+. The summed E-state index contributed by atoms with van der Waals surface area (Å²) in [5.41, 5.74) is -0.346. The molecule has 50 heavy (non-hydrogen) atoms. The van der Waals surface area contributed by atoms with Crippen molar-refractivity contribution in [3.05, 3.63) is 82.0 Å². The Kier molecular flexibility index (Phi) is 9.87. The Balaban J connectivity index is 1.44. The zero-order valence-corrected chi connectivity index (χ0v) is 31.4. The molecule has 0 spiro atoms. The molecule has 3 N–H and O–H groups in total. The highest BCUT2D eigenvalue weighted by Crippen LogP contribution is 2.77. The number of carbonyl (C=O) groups is 3. The topological polar surface area (TPSA) is 130 Å². The maximum atomic E-state index is 13.6. The average Bonchev–Trinajstić information content (AvgIpc) is 3.43. The molecule has 272 valence electrons. The van der Waals surface area contributed by atoms with Crippen LogP contribution in [0, 0.1) is 34.5 Å². The Bertz CT molecular complexity index is 1680. The van der Waals surface area contributed by atoms with Crippen molar-refractivity contribution >= 4 is 17.7 Å². The number of fused-ring (bicyclic) bond motifs is 5. The highest BCUT2D eigenvalue weighted by molar-refractivity contribution is 6.04. The van der Waals surface area contributed by atoms with Crippen molar-refractivity contribution in [2.45, 2.75) is 118 Å². The van der Waals surface area contributed by atoms with Gasteiger partial charge in [0.15, 0.2) is 11.4 Å². The highest BCUT2D eigenvalue weighted by Gasteiger charge is 2.87. The fraction of sp³-hybridized carbons (Fsp3) is 0.595. The number of hydrogen-bond acceptors (Lipinski definition) is 8. The van der Waals surface area contributed by atoms with Crippen LogP contribution in [0.25, 0.3) is 0 Å². The van der Waals surface area contributed by atoms with E-state index in [2.05, 4.69) is 32.9 Å². The first-order valence-electron chi connectivity index (χ1n) is 18.0. The number of Topliss-reactive ketones (excluding diaryl/α,β-unsaturated/α-hetero) is 1. The van der Waals surface area contributed by atoms with Gasteiger partial charge in [0.2, 0.25) is 0 Å². The van der Waals surface area contributed by atoms with E-state index in [-0.39, 0.29) is 11.8 Å². The lowest BCUT2D eigenvalue weighted by Gasteiger charge is -2.53. The third kappa shape index (κ3) is 5.95. The molecule has 0 amide bonds. The molecular formula is C42H56O8. The molecule has 0 radical (unpaired) electrons. The number of ketones is 1. The van der Waals surface area contributed by atoms with Crippen LogP contribution in [0.5, 0.6) is 0 Å². The highest BCUT2D eigenvalue weighted by atomic mass is 16.6. The van der Waals surface area contributed by atoms with E-state index >= 15 is 0 Å². The van der Waals surface area contributed by atoms with Gasteiger partial charge in [-0.1, -0.05) is 88.3 Å². The van der Waals surface area contributed by atoms with Crippen LogP contribution in [-0.4, -0.2) is 62.6 Å². The van der Waals surface area contributed by atoms with Crippen LogP contribution in [-0.2, 0) is 23.9 Å². The van der Waals surface area contributed by atoms with Crippen LogP contribution >= 0.6 is 0 Å². The number of aliphatic hydroxyl groups is 3. The zero-order chi connectivity index (χ0) is 37.2. The van der Waals surface area contributed by atoms with E-state index in [0.717, 1.165) is 12.0 Å². The molecule has 5 aliphatic rings. The lowest BCUT2D eigenvalue weighted by atomic mass is 9.59. The monoisotopic (exact) mass is 688 g/mol. The number of hydrogen-bond donors (Lipinski definition) is 3. The predicted octanol–water partition coefficient (Wildman–Crippen LogP) is 6.58. The molecular weight excluding hydrogens is 632 g/mol. The lowest BCUT2D eigenvalue weighted by Crippen LogP contribution is -2.66. The van der Waals surface area contributed by atoms with E-state index in [1.807, 2.05) is 39.0 Å². The Morgan fingerprint density at radius 1 is 1.02 bits per heavy atom. The summed E-state index contributed by atoms with van der Waals surface area (Å²) < 4.78 is 12.3. The SMILES string of the molecule is CC(=O)OC12C(OC(=O)/C=C(C)/C=C/C=C(C)/C=C/C3=C(C)CCCC3(C)C)C(C)C3(O)C(C=C(CO)CC4(O)C(=O)C(C)=CC43)C1C2(C)C. The van der Waals surface area contributed by atoms with Gasteiger partial charge in [-0.3, -0.25) is 9.59 Å². The van der Waals surface area contributed by atoms with Crippen LogP contribution < -0.4 is 0 Å². The van der Waals surface area contributed by atoms with Crippen molar-refractivity contribution in [3.8, 4) is 0 Å². The Morgan fingerprint density at radius 2 is 1.70 bits per heavy atom. The van der Waals surface area contributed by atoms with E-state index in [9.17, 15) is 29.7 Å². The Labute approximate surface area is 297 Å². The summed E-state index contributed by atoms with van der Waals surface area (Å²) in [6.45, 7) is 18.7. The van der Waals surface area contributed by atoms with Gasteiger partial charge in [0.1, 0.15) is 11.7 Å². The maximum absolute atomic E-state index is 13.6. The third-order valence-electron chi connectivity index (χ3n) is 12.6. The van der Waals surface area contributed by atoms with E-state index < -0.39 is 76.3 Å². The van der Waals surface area contributed by atoms with Gasteiger partial charge in [-0.2, -0.15) is 0 Å². The van der Waals surface area contributed by atoms with Crippen LogP contribution in [0.4, 0.5) is 0 Å². The number of carbonyl (C=O) groups excluding carboxylic acids is 3. The molecule has 0 aliphatic heterocycles. The van der Waals surface area contributed by atoms with Gasteiger partial charge in [-0.25, -0.2) is 4.79 Å². The summed E-state index contributed by atoms with van der Waals surface area (Å²) >= 11 is 0. The molecule has 0 bridgehead atoms. The zero-order valence-electron chi connectivity index (χ0n) is 31.4. The van der Waals surface area contributed by atoms with Crippen molar-refractivity contribution in [3.63, 3.8) is 0 Å². The Hall–Kier alpha value is -3.33. The first-order valence-corrected chi connectivity index (χ1v) is 18.0. The minimum absolute atomic E-state index is 0.141. The largest absolute Gasteiger partial charge is 0.454 e. The van der Waals surface area contributed by atoms with Gasteiger partial charge < -0.3 is 24.8 Å². The first-order chi connectivity index (χ1) is 23.2. The van der Waals surface area contributed by atoms with E-state index in [1.54, 1.807) is 32.9 Å². The first kappa shape index (κ1) is 37.9. The molecule has 5 rings (SSSR count). The van der Waals surface area contributed by atoms with Crippen molar-refractivity contribution in [2.24, 2.45) is 34.5 Å². The van der Waals surface area contributed by atoms with Gasteiger partial charge in [-0.15, -0.1) is 0 Å².